The van der Waals surface area contributed by atoms with Crippen molar-refractivity contribution in [2.75, 3.05) is 15.5 Å². The van der Waals surface area contributed by atoms with Crippen molar-refractivity contribution in [2.45, 2.75) is 78.6 Å². The average Bonchev–Trinajstić information content (AvgIpc) is 0.777. The molecule has 24 nitrogen and oxygen atoms in total. The highest BCUT2D eigenvalue weighted by atomic mass is 127. The van der Waals surface area contributed by atoms with Crippen molar-refractivity contribution in [1.82, 2.24) is 0 Å². The van der Waals surface area contributed by atoms with Crippen LogP contribution in [0.3, 0.4) is 0 Å². The second-order valence-electron chi connectivity index (χ2n) is 24.5. The first-order valence-corrected chi connectivity index (χ1v) is 31.2. The van der Waals surface area contributed by atoms with Crippen LogP contribution in [0.2, 0.25) is 5.02 Å². The van der Waals surface area contributed by atoms with Crippen LogP contribution in [0.4, 0.5) is 73.9 Å². The Hall–Kier alpha value is -11.6. The molecule has 0 bridgehead atoms. The van der Waals surface area contributed by atoms with Crippen LogP contribution in [0.5, 0.6) is 23.0 Å². The summed E-state index contributed by atoms with van der Waals surface area (Å²) >= 11 is 7.65. The third kappa shape index (κ3) is 20.5. The van der Waals surface area contributed by atoms with Gasteiger partial charge in [-0.15, -0.1) is 0 Å². The van der Waals surface area contributed by atoms with E-state index in [1.807, 2.05) is 165 Å². The summed E-state index contributed by atoms with van der Waals surface area (Å²) in [4.78, 5) is 64.5. The number of aromatic hydroxyl groups is 2. The third-order valence-corrected chi connectivity index (χ3v) is 15.4. The molecule has 0 spiro atoms. The topological polar surface area (TPSA) is 341 Å². The fraction of sp³-hybridized carbons (Fsp3) is 0.167. The molecule has 10 rings (SSSR count). The van der Waals surface area contributed by atoms with Crippen molar-refractivity contribution in [3.8, 4) is 23.0 Å². The van der Waals surface area contributed by atoms with Gasteiger partial charge in [-0.25, -0.2) is 0 Å². The van der Waals surface area contributed by atoms with Crippen molar-refractivity contribution in [3.63, 3.8) is 0 Å². The predicted octanol–water partition coefficient (Wildman–Crippen LogP) is 20.8. The minimum atomic E-state index is -1.03. The first-order valence-electron chi connectivity index (χ1n) is 29.7. The standard InChI is InChI=1S/C28H24N4O7.C22H23NO.C10H15NO.C6H2ClN3O6.C6H5I/c1-28(2,3)19-14-15-26(39-27-24(31(35)36)17-22(30(33)34)18-25(27)32(37)38)23(16-19)29(20-10-6-4-7-11-20)21-12-8-5-9-13-21;1-22(2,3)17-14-15-21(24)20(16-17)23(18-10-6-4-7-11-18)19-12-8-5-9-13-19;1-10(2,3)7-4-5-9(12)8(11)6-7;7-6-4(9(13)14)1-3(8(11)12)2-5(6)10(15)16;7-6-4-2-1-3-5-6/h4-18H,1-3H3;4-16,24H,1-3H3;4-6,12H,11H2,1-3H3;1-2H;1-5H. The van der Waals surface area contributed by atoms with Gasteiger partial charge in [-0.2, -0.15) is 0 Å². The fourth-order valence-corrected chi connectivity index (χ4v) is 9.80. The number of phenols is 2. The Kier molecular flexibility index (Phi) is 25.6. The first kappa shape index (κ1) is 75.4. The summed E-state index contributed by atoms with van der Waals surface area (Å²) in [6.07, 6.45) is 0. The van der Waals surface area contributed by atoms with Gasteiger partial charge in [0.2, 0.25) is 0 Å². The molecule has 26 heteroatoms. The number of ether oxygens (including phenoxy) is 1. The van der Waals surface area contributed by atoms with E-state index < -0.39 is 74.4 Å². The van der Waals surface area contributed by atoms with Crippen LogP contribution in [0.15, 0.2) is 231 Å². The highest BCUT2D eigenvalue weighted by Crippen LogP contribution is 2.49. The van der Waals surface area contributed by atoms with E-state index in [9.17, 15) is 70.9 Å². The summed E-state index contributed by atoms with van der Waals surface area (Å²) in [6, 6.07) is 67.9. The number of para-hydroxylation sites is 4. The van der Waals surface area contributed by atoms with Crippen LogP contribution >= 0.6 is 34.2 Å². The van der Waals surface area contributed by atoms with Crippen LogP contribution < -0.4 is 20.3 Å². The summed E-state index contributed by atoms with van der Waals surface area (Å²) < 4.78 is 7.26. The van der Waals surface area contributed by atoms with Crippen LogP contribution in [0, 0.1) is 64.3 Å². The molecule has 0 aliphatic rings. The Morgan fingerprint density at radius 1 is 0.388 bits per heavy atom. The van der Waals surface area contributed by atoms with Crippen molar-refractivity contribution >= 4 is 108 Å². The van der Waals surface area contributed by atoms with E-state index in [0.29, 0.717) is 35.6 Å². The zero-order valence-corrected chi connectivity index (χ0v) is 57.5. The molecule has 98 heavy (non-hydrogen) atoms. The van der Waals surface area contributed by atoms with Gasteiger partial charge in [0.05, 0.1) is 70.9 Å². The highest BCUT2D eigenvalue weighted by Gasteiger charge is 2.35. The number of nitrogens with two attached hydrogens (primary N) is 1. The number of hydrogen-bond acceptors (Lipinski definition) is 18. The molecule has 10 aromatic rings. The van der Waals surface area contributed by atoms with E-state index >= 15 is 0 Å². The number of benzene rings is 10. The van der Waals surface area contributed by atoms with Gasteiger partial charge < -0.3 is 30.5 Å². The Bertz CT molecular complexity index is 4320. The minimum Gasteiger partial charge on any atom is -0.506 e. The molecule has 0 heterocycles. The number of non-ortho nitro benzene ring substituents is 2. The molecule has 0 amide bonds. The van der Waals surface area contributed by atoms with Gasteiger partial charge in [0.25, 0.3) is 17.1 Å². The quantitative estimate of drug-likeness (QED) is 0.0299. The van der Waals surface area contributed by atoms with Crippen molar-refractivity contribution < 1.29 is 44.5 Å². The number of hydrogen-bond donors (Lipinski definition) is 3. The second kappa shape index (κ2) is 33.2. The second-order valence-corrected chi connectivity index (χ2v) is 26.1. The lowest BCUT2D eigenvalue weighted by molar-refractivity contribution is -0.404. The summed E-state index contributed by atoms with van der Waals surface area (Å²) in [6.45, 7) is 18.9. The summed E-state index contributed by atoms with van der Waals surface area (Å²) in [5, 5.41) is 85.4. The van der Waals surface area contributed by atoms with E-state index in [-0.39, 0.29) is 33.5 Å². The Balaban J connectivity index is 0.000000217. The molecule has 0 aromatic heterocycles. The van der Waals surface area contributed by atoms with Crippen LogP contribution in [-0.2, 0) is 16.2 Å². The lowest BCUT2D eigenvalue weighted by atomic mass is 9.86. The maximum Gasteiger partial charge on any atom is 0.325 e. The molecule has 0 radical (unpaired) electrons. The number of phenolic OH excluding ortho intramolecular Hbond substituents is 2. The van der Waals surface area contributed by atoms with Crippen LogP contribution in [-0.4, -0.2) is 39.8 Å². The first-order chi connectivity index (χ1) is 46.1. The Morgan fingerprint density at radius 2 is 0.684 bits per heavy atom. The number of nitrogens with zero attached hydrogens (tertiary/aromatic N) is 8. The van der Waals surface area contributed by atoms with Gasteiger partial charge in [-0.05, 0) is 153 Å². The van der Waals surface area contributed by atoms with Crippen molar-refractivity contribution in [3.05, 3.63) is 316 Å². The zero-order valence-electron chi connectivity index (χ0n) is 54.6. The fourth-order valence-electron chi connectivity index (χ4n) is 9.14. The largest absolute Gasteiger partial charge is 0.506 e. The summed E-state index contributed by atoms with van der Waals surface area (Å²) in [5.41, 5.74) is 8.74. The van der Waals surface area contributed by atoms with Gasteiger partial charge >= 0.3 is 22.7 Å². The molecular formula is C72H69ClIN9O15. The molecule has 0 unspecified atom stereocenters. The van der Waals surface area contributed by atoms with Gasteiger partial charge in [-0.1, -0.05) is 183 Å². The third-order valence-electron chi connectivity index (χ3n) is 14.3. The Morgan fingerprint density at radius 3 is 0.990 bits per heavy atom. The molecule has 10 aromatic carbocycles. The van der Waals surface area contributed by atoms with Crippen molar-refractivity contribution in [2.24, 2.45) is 0 Å². The summed E-state index contributed by atoms with van der Waals surface area (Å²) in [7, 11) is 0. The van der Waals surface area contributed by atoms with Gasteiger partial charge in [0.15, 0.2) is 10.8 Å². The van der Waals surface area contributed by atoms with Crippen molar-refractivity contribution in [1.29, 1.82) is 0 Å². The predicted molar refractivity (Wildman–Crippen MR) is 390 cm³/mol. The molecule has 0 atom stereocenters. The van der Waals surface area contributed by atoms with Gasteiger partial charge in [0.1, 0.15) is 11.5 Å². The van der Waals surface area contributed by atoms with E-state index in [1.165, 1.54) is 9.13 Å². The number of anilines is 7. The molecule has 0 fully saturated rings. The maximum atomic E-state index is 11.9. The molecule has 0 saturated heterocycles. The normalized spacial score (nSPS) is 10.8. The van der Waals surface area contributed by atoms with E-state index in [0.717, 1.165) is 39.6 Å². The van der Waals surface area contributed by atoms with Gasteiger partial charge in [0, 0.05) is 26.3 Å². The molecule has 0 saturated carbocycles. The minimum absolute atomic E-state index is 0.0154. The van der Waals surface area contributed by atoms with E-state index in [1.54, 1.807) is 24.3 Å². The van der Waals surface area contributed by atoms with Crippen LogP contribution in [0.1, 0.15) is 79.0 Å². The van der Waals surface area contributed by atoms with E-state index in [4.69, 9.17) is 22.1 Å². The molecule has 506 valence electrons. The molecule has 0 aliphatic heterocycles. The molecular weight excluding hydrogens is 1390 g/mol. The summed E-state index contributed by atoms with van der Waals surface area (Å²) in [5.74, 6) is -0.198. The van der Waals surface area contributed by atoms with Crippen LogP contribution in [0.25, 0.3) is 0 Å². The zero-order chi connectivity index (χ0) is 72.4. The van der Waals surface area contributed by atoms with E-state index in [2.05, 4.69) is 111 Å². The van der Waals surface area contributed by atoms with Gasteiger partial charge in [-0.3, -0.25) is 60.7 Å². The average molecular weight is 1460 g/mol. The molecule has 4 N–H and O–H groups in total. The number of nitrogen functional groups attached to an aromatic ring is 1. The number of halogens is 2. The highest BCUT2D eigenvalue weighted by molar-refractivity contribution is 14.1. The lowest BCUT2D eigenvalue weighted by Gasteiger charge is -2.29. The SMILES string of the molecule is CC(C)(C)c1ccc(O)c(N(c2ccccc2)c2ccccc2)c1.CC(C)(C)c1ccc(O)c(N)c1.CC(C)(C)c1ccc(Oc2c([N+](=O)[O-])cc([N+](=O)[O-])cc2[N+](=O)[O-])c(N(c2ccccc2)c2ccccc2)c1.Ic1ccccc1.O=[N+]([O-])c1cc([N+](=O)[O-])c(Cl)c([N+](=O)[O-])c1. The number of rotatable bonds is 14. The smallest absolute Gasteiger partial charge is 0.325 e. The number of nitro groups is 6. The lowest BCUT2D eigenvalue weighted by Crippen LogP contribution is -2.15. The number of nitro benzene ring substituents is 6. The Labute approximate surface area is 582 Å². The molecule has 0 aliphatic carbocycles. The monoisotopic (exact) mass is 1460 g/mol. The maximum absolute atomic E-state index is 11.9.